The van der Waals surface area contributed by atoms with Crippen molar-refractivity contribution in [3.63, 3.8) is 0 Å². The Labute approximate surface area is 64.1 Å². The van der Waals surface area contributed by atoms with Crippen LogP contribution in [0.1, 0.15) is 12.5 Å². The van der Waals surface area contributed by atoms with Gasteiger partial charge in [-0.2, -0.15) is 0 Å². The molecule has 1 atom stereocenters. The molecule has 54 valence electrons. The third kappa shape index (κ3) is 1.71. The van der Waals surface area contributed by atoms with E-state index in [2.05, 4.69) is 45.7 Å². The zero-order valence-corrected chi connectivity index (χ0v) is 7.25. The van der Waals surface area contributed by atoms with Gasteiger partial charge in [-0.1, -0.05) is 19.1 Å². The molecule has 0 bridgehead atoms. The van der Waals surface area contributed by atoms with Crippen molar-refractivity contribution in [3.05, 3.63) is 29.8 Å². The quantitative estimate of drug-likeness (QED) is 0.643. The molecule has 1 nitrogen and oxygen atoms in total. The van der Waals surface area contributed by atoms with Gasteiger partial charge in [0.15, 0.2) is 0 Å². The number of hydrogen-bond donors (Lipinski definition) is 1. The van der Waals surface area contributed by atoms with Crippen molar-refractivity contribution in [1.29, 1.82) is 0 Å². The largest absolute Gasteiger partial charge is 0.369 e. The van der Waals surface area contributed by atoms with Gasteiger partial charge in [-0.05, 0) is 33.5 Å². The van der Waals surface area contributed by atoms with E-state index in [-0.39, 0.29) is 0 Å². The Balaban J connectivity index is 2.80. The van der Waals surface area contributed by atoms with Crippen LogP contribution in [-0.4, -0.2) is 0 Å². The Morgan fingerprint density at radius 2 is 1.90 bits per heavy atom. The van der Waals surface area contributed by atoms with Crippen molar-refractivity contribution in [2.45, 2.75) is 13.3 Å². The van der Waals surface area contributed by atoms with Crippen molar-refractivity contribution in [1.82, 2.24) is 0 Å². The average Bonchev–Trinajstić information content (AvgIpc) is 2.05. The second-order valence-corrected chi connectivity index (χ2v) is 2.48. The highest BCUT2D eigenvalue weighted by Gasteiger charge is 1.87. The van der Waals surface area contributed by atoms with Crippen LogP contribution in [0, 0.1) is 0 Å². The van der Waals surface area contributed by atoms with Crippen LogP contribution < -0.4 is 5.09 Å². The summed E-state index contributed by atoms with van der Waals surface area (Å²) in [6.45, 7) is 2.16. The first kappa shape index (κ1) is 7.56. The molecule has 0 aromatic heterocycles. The van der Waals surface area contributed by atoms with Gasteiger partial charge in [0, 0.05) is 5.69 Å². The molecule has 1 aromatic carbocycles. The molecule has 0 heterocycles. The standard InChI is InChI=1S/C8H12NP/c1-2-7-3-5-8(9-10)6-4-7/h3-6,9H,2,10H2,1H3. The molecule has 1 rings (SSSR count). The van der Waals surface area contributed by atoms with Crippen LogP contribution in [0.15, 0.2) is 24.3 Å². The summed E-state index contributed by atoms with van der Waals surface area (Å²) in [5, 5.41) is 2.99. The van der Waals surface area contributed by atoms with E-state index in [0.717, 1.165) is 12.1 Å². The fraction of sp³-hybridized carbons (Fsp3) is 0.250. The molecule has 0 aliphatic rings. The summed E-state index contributed by atoms with van der Waals surface area (Å²) < 4.78 is 0. The van der Waals surface area contributed by atoms with Gasteiger partial charge < -0.3 is 5.09 Å². The molecule has 0 saturated carbocycles. The summed E-state index contributed by atoms with van der Waals surface area (Å²) in [4.78, 5) is 0. The van der Waals surface area contributed by atoms with E-state index >= 15 is 0 Å². The summed E-state index contributed by atoms with van der Waals surface area (Å²) in [6.07, 6.45) is 1.11. The fourth-order valence-corrected chi connectivity index (χ4v) is 1.03. The third-order valence-electron chi connectivity index (χ3n) is 1.53. The third-order valence-corrected chi connectivity index (χ3v) is 1.86. The Hall–Kier alpha value is -0.550. The van der Waals surface area contributed by atoms with Gasteiger partial charge in [0.05, 0.1) is 0 Å². The lowest BCUT2D eigenvalue weighted by Crippen LogP contribution is -1.81. The van der Waals surface area contributed by atoms with Gasteiger partial charge in [0.1, 0.15) is 0 Å². The Morgan fingerprint density at radius 1 is 1.30 bits per heavy atom. The molecule has 0 spiro atoms. The molecule has 1 unspecified atom stereocenters. The van der Waals surface area contributed by atoms with Gasteiger partial charge in [0.2, 0.25) is 0 Å². The van der Waals surface area contributed by atoms with Gasteiger partial charge in [-0.25, -0.2) is 0 Å². The van der Waals surface area contributed by atoms with Gasteiger partial charge in [-0.15, -0.1) is 0 Å². The number of hydrogen-bond acceptors (Lipinski definition) is 1. The number of rotatable bonds is 2. The highest BCUT2D eigenvalue weighted by Crippen LogP contribution is 2.10. The second kappa shape index (κ2) is 3.58. The molecular weight excluding hydrogens is 141 g/mol. The summed E-state index contributed by atoms with van der Waals surface area (Å²) >= 11 is 0. The molecule has 2 heteroatoms. The highest BCUT2D eigenvalue weighted by molar-refractivity contribution is 7.18. The Morgan fingerprint density at radius 3 is 2.30 bits per heavy atom. The van der Waals surface area contributed by atoms with Crippen LogP contribution in [0.25, 0.3) is 0 Å². The maximum absolute atomic E-state index is 2.99. The minimum atomic E-state index is 1.11. The molecule has 0 fully saturated rings. The van der Waals surface area contributed by atoms with Gasteiger partial charge in [0.25, 0.3) is 0 Å². The monoisotopic (exact) mass is 153 g/mol. The molecule has 1 aromatic rings. The fourth-order valence-electron chi connectivity index (χ4n) is 0.837. The minimum Gasteiger partial charge on any atom is -0.369 e. The lowest BCUT2D eigenvalue weighted by Gasteiger charge is -1.99. The van der Waals surface area contributed by atoms with Crippen LogP contribution in [-0.2, 0) is 6.42 Å². The molecule has 0 radical (unpaired) electrons. The maximum atomic E-state index is 2.99. The summed E-state index contributed by atoms with van der Waals surface area (Å²) in [6, 6.07) is 8.41. The SMILES string of the molecule is CCc1ccc(NP)cc1. The van der Waals surface area contributed by atoms with Crippen molar-refractivity contribution < 1.29 is 0 Å². The minimum absolute atomic E-state index is 1.11. The number of aryl methyl sites for hydroxylation is 1. The molecule has 0 saturated heterocycles. The molecular formula is C8H12NP. The van der Waals surface area contributed by atoms with E-state index < -0.39 is 0 Å². The maximum Gasteiger partial charge on any atom is 0.0368 e. The molecule has 10 heavy (non-hydrogen) atoms. The van der Waals surface area contributed by atoms with E-state index in [1.807, 2.05) is 0 Å². The van der Waals surface area contributed by atoms with Crippen molar-refractivity contribution >= 4 is 15.1 Å². The summed E-state index contributed by atoms with van der Waals surface area (Å²) in [5.41, 5.74) is 2.52. The van der Waals surface area contributed by atoms with Crippen LogP contribution in [0.5, 0.6) is 0 Å². The predicted molar refractivity (Wildman–Crippen MR) is 49.2 cm³/mol. The lowest BCUT2D eigenvalue weighted by atomic mass is 10.2. The average molecular weight is 153 g/mol. The molecule has 0 amide bonds. The van der Waals surface area contributed by atoms with Crippen LogP contribution >= 0.6 is 9.39 Å². The smallest absolute Gasteiger partial charge is 0.0368 e. The van der Waals surface area contributed by atoms with Crippen molar-refractivity contribution in [2.24, 2.45) is 0 Å². The molecule has 0 aliphatic heterocycles. The van der Waals surface area contributed by atoms with Crippen molar-refractivity contribution in [2.75, 3.05) is 5.09 Å². The van der Waals surface area contributed by atoms with Gasteiger partial charge in [-0.3, -0.25) is 0 Å². The Kier molecular flexibility index (Phi) is 2.70. The summed E-state index contributed by atoms with van der Waals surface area (Å²) in [7, 11) is 2.47. The van der Waals surface area contributed by atoms with Crippen LogP contribution in [0.2, 0.25) is 0 Å². The van der Waals surface area contributed by atoms with Gasteiger partial charge >= 0.3 is 0 Å². The lowest BCUT2D eigenvalue weighted by molar-refractivity contribution is 1.14. The predicted octanol–water partition coefficient (Wildman–Crippen LogP) is 2.45. The zero-order chi connectivity index (χ0) is 7.40. The number of nitrogens with one attached hydrogen (secondary N) is 1. The zero-order valence-electron chi connectivity index (χ0n) is 6.09. The first-order valence-corrected chi connectivity index (χ1v) is 4.00. The topological polar surface area (TPSA) is 12.0 Å². The molecule has 1 N–H and O–H groups in total. The summed E-state index contributed by atoms with van der Waals surface area (Å²) in [5.74, 6) is 0. The van der Waals surface area contributed by atoms with Crippen molar-refractivity contribution in [3.8, 4) is 0 Å². The second-order valence-electron chi connectivity index (χ2n) is 2.19. The van der Waals surface area contributed by atoms with E-state index in [9.17, 15) is 0 Å². The van der Waals surface area contributed by atoms with E-state index in [1.54, 1.807) is 0 Å². The number of benzene rings is 1. The Bertz CT molecular complexity index is 170. The van der Waals surface area contributed by atoms with Crippen LogP contribution in [0.4, 0.5) is 5.69 Å². The van der Waals surface area contributed by atoms with E-state index in [0.29, 0.717) is 0 Å². The first-order chi connectivity index (χ1) is 4.86. The normalized spacial score (nSPS) is 9.40. The van der Waals surface area contributed by atoms with Crippen LogP contribution in [0.3, 0.4) is 0 Å². The van der Waals surface area contributed by atoms with E-state index in [1.165, 1.54) is 5.56 Å². The number of anilines is 1. The highest BCUT2D eigenvalue weighted by atomic mass is 31.0. The first-order valence-electron chi connectivity index (χ1n) is 3.42. The molecule has 0 aliphatic carbocycles. The van der Waals surface area contributed by atoms with E-state index in [4.69, 9.17) is 0 Å².